The first kappa shape index (κ1) is 10.6. The molecule has 0 unspecified atom stereocenters. The summed E-state index contributed by atoms with van der Waals surface area (Å²) < 4.78 is 24.1. The van der Waals surface area contributed by atoms with Crippen molar-refractivity contribution in [1.29, 1.82) is 0 Å². The third kappa shape index (κ3) is 2.58. The second-order valence-electron chi connectivity index (χ2n) is 4.67. The lowest BCUT2D eigenvalue weighted by atomic mass is 9.76. The molecule has 15 heavy (non-hydrogen) atoms. The topological polar surface area (TPSA) is 18.5 Å². The quantitative estimate of drug-likeness (QED) is 0.652. The van der Waals surface area contributed by atoms with Crippen molar-refractivity contribution in [3.05, 3.63) is 30.1 Å². The van der Waals surface area contributed by atoms with Gasteiger partial charge in [0, 0.05) is 18.6 Å². The monoisotopic (exact) mass is 208 g/mol. The first-order chi connectivity index (χ1) is 7.07. The van der Waals surface area contributed by atoms with Crippen LogP contribution >= 0.6 is 0 Å². The first-order valence-corrected chi connectivity index (χ1v) is 5.05. The summed E-state index contributed by atoms with van der Waals surface area (Å²) in [5.41, 5.74) is 0.787. The highest BCUT2D eigenvalue weighted by Crippen LogP contribution is 2.21. The van der Waals surface area contributed by atoms with E-state index in [4.69, 9.17) is 9.31 Å². The van der Waals surface area contributed by atoms with E-state index >= 15 is 0 Å². The van der Waals surface area contributed by atoms with Crippen molar-refractivity contribution in [3.63, 3.8) is 0 Å². The molecule has 0 saturated carbocycles. The minimum absolute atomic E-state index is 0.0455. The maximum atomic E-state index is 13.0. The largest absolute Gasteiger partial charge is 0.494 e. The van der Waals surface area contributed by atoms with Gasteiger partial charge in [0.2, 0.25) is 0 Å². The Morgan fingerprint density at radius 3 is 2.53 bits per heavy atom. The number of rotatable bonds is 1. The van der Waals surface area contributed by atoms with Gasteiger partial charge in [0.05, 0.1) is 0 Å². The van der Waals surface area contributed by atoms with Crippen molar-refractivity contribution < 1.29 is 13.7 Å². The zero-order valence-electron chi connectivity index (χ0n) is 9.00. The molecule has 2 nitrogen and oxygen atoms in total. The van der Waals surface area contributed by atoms with E-state index in [-0.39, 0.29) is 11.2 Å². The Labute approximate surface area is 89.5 Å². The van der Waals surface area contributed by atoms with Gasteiger partial charge in [0.25, 0.3) is 0 Å². The molecule has 0 aromatic heterocycles. The highest BCUT2D eigenvalue weighted by atomic mass is 19.1. The molecule has 0 N–H and O–H groups in total. The molecule has 80 valence electrons. The van der Waals surface area contributed by atoms with Gasteiger partial charge in [-0.2, -0.15) is 0 Å². The van der Waals surface area contributed by atoms with Crippen LogP contribution in [0.3, 0.4) is 0 Å². The van der Waals surface area contributed by atoms with Gasteiger partial charge in [0.1, 0.15) is 5.82 Å². The predicted molar refractivity (Wildman–Crippen MR) is 57.5 cm³/mol. The van der Waals surface area contributed by atoms with Crippen LogP contribution in [-0.4, -0.2) is 20.3 Å². The summed E-state index contributed by atoms with van der Waals surface area (Å²) in [7, 11) is -0.422. The van der Waals surface area contributed by atoms with Crippen molar-refractivity contribution in [2.24, 2.45) is 5.41 Å². The van der Waals surface area contributed by atoms with E-state index in [9.17, 15) is 4.39 Å². The third-order valence-electron chi connectivity index (χ3n) is 2.37. The van der Waals surface area contributed by atoms with Crippen LogP contribution in [0.25, 0.3) is 0 Å². The molecule has 0 aliphatic carbocycles. The third-order valence-corrected chi connectivity index (χ3v) is 2.37. The van der Waals surface area contributed by atoms with E-state index in [1.165, 1.54) is 12.1 Å². The Morgan fingerprint density at radius 1 is 1.27 bits per heavy atom. The molecule has 1 aromatic carbocycles. The molecule has 1 saturated heterocycles. The van der Waals surface area contributed by atoms with Gasteiger partial charge in [0.15, 0.2) is 0 Å². The fourth-order valence-corrected chi connectivity index (χ4v) is 1.54. The van der Waals surface area contributed by atoms with Crippen molar-refractivity contribution in [2.75, 3.05) is 13.2 Å². The van der Waals surface area contributed by atoms with Crippen LogP contribution in [0.2, 0.25) is 0 Å². The molecule has 0 radical (unpaired) electrons. The Morgan fingerprint density at radius 2 is 1.93 bits per heavy atom. The summed E-state index contributed by atoms with van der Waals surface area (Å²) >= 11 is 0. The molecule has 0 amide bonds. The van der Waals surface area contributed by atoms with Gasteiger partial charge >= 0.3 is 7.12 Å². The van der Waals surface area contributed by atoms with Gasteiger partial charge in [-0.1, -0.05) is 26.0 Å². The van der Waals surface area contributed by atoms with E-state index in [1.54, 1.807) is 6.07 Å². The van der Waals surface area contributed by atoms with Crippen molar-refractivity contribution >= 4 is 12.6 Å². The molecule has 4 heteroatoms. The Bertz CT molecular complexity index is 344. The lowest BCUT2D eigenvalue weighted by Gasteiger charge is -2.33. The van der Waals surface area contributed by atoms with Gasteiger partial charge < -0.3 is 9.31 Å². The lowest BCUT2D eigenvalue weighted by molar-refractivity contribution is 0.0343. The van der Waals surface area contributed by atoms with Crippen LogP contribution in [0.1, 0.15) is 13.8 Å². The molecule has 1 aliphatic heterocycles. The molecular weight excluding hydrogens is 194 g/mol. The predicted octanol–water partition coefficient (Wildman–Crippen LogP) is 1.59. The molecule has 2 rings (SSSR count). The number of halogens is 1. The molecular formula is C11H14BFO2. The molecule has 1 aliphatic rings. The van der Waals surface area contributed by atoms with Crippen molar-refractivity contribution in [3.8, 4) is 0 Å². The van der Waals surface area contributed by atoms with Crippen LogP contribution in [0.15, 0.2) is 24.3 Å². The van der Waals surface area contributed by atoms with E-state index in [0.717, 1.165) is 5.46 Å². The normalized spacial score (nSPS) is 20.3. The molecule has 1 aromatic rings. The zero-order chi connectivity index (χ0) is 10.9. The number of benzene rings is 1. The first-order valence-electron chi connectivity index (χ1n) is 5.05. The SMILES string of the molecule is CC1(C)COB(c2cccc(F)c2)OC1. The van der Waals surface area contributed by atoms with Gasteiger partial charge in [-0.15, -0.1) is 0 Å². The molecule has 0 bridgehead atoms. The zero-order valence-corrected chi connectivity index (χ0v) is 9.00. The Hall–Kier alpha value is -0.865. The van der Waals surface area contributed by atoms with Crippen LogP contribution in [-0.2, 0) is 9.31 Å². The molecule has 0 atom stereocenters. The van der Waals surface area contributed by atoms with E-state index in [0.29, 0.717) is 13.2 Å². The fraction of sp³-hybridized carbons (Fsp3) is 0.455. The van der Waals surface area contributed by atoms with Crippen LogP contribution < -0.4 is 5.46 Å². The second-order valence-corrected chi connectivity index (χ2v) is 4.67. The van der Waals surface area contributed by atoms with Crippen LogP contribution in [0, 0.1) is 11.2 Å². The Kier molecular flexibility index (Phi) is 2.80. The summed E-state index contributed by atoms with van der Waals surface area (Å²) in [6.07, 6.45) is 0. The summed E-state index contributed by atoms with van der Waals surface area (Å²) in [6, 6.07) is 6.34. The summed E-state index contributed by atoms with van der Waals surface area (Å²) in [5.74, 6) is -0.260. The highest BCUT2D eigenvalue weighted by Gasteiger charge is 2.33. The molecule has 1 heterocycles. The summed E-state index contributed by atoms with van der Waals surface area (Å²) in [6.45, 7) is 5.42. The van der Waals surface area contributed by atoms with Gasteiger partial charge in [-0.25, -0.2) is 4.39 Å². The lowest BCUT2D eigenvalue weighted by Crippen LogP contribution is -2.47. The van der Waals surface area contributed by atoms with Crippen molar-refractivity contribution in [1.82, 2.24) is 0 Å². The van der Waals surface area contributed by atoms with E-state index in [1.807, 2.05) is 6.07 Å². The van der Waals surface area contributed by atoms with E-state index in [2.05, 4.69) is 13.8 Å². The number of hydrogen-bond donors (Lipinski definition) is 0. The highest BCUT2D eigenvalue weighted by molar-refractivity contribution is 6.61. The average molecular weight is 208 g/mol. The summed E-state index contributed by atoms with van der Waals surface area (Å²) in [5, 5.41) is 0. The minimum atomic E-state index is -0.422. The molecule has 1 fully saturated rings. The van der Waals surface area contributed by atoms with Crippen LogP contribution in [0.5, 0.6) is 0 Å². The maximum Gasteiger partial charge on any atom is 0.494 e. The minimum Gasteiger partial charge on any atom is -0.407 e. The van der Waals surface area contributed by atoms with Crippen LogP contribution in [0.4, 0.5) is 4.39 Å². The molecule has 0 spiro atoms. The number of hydrogen-bond acceptors (Lipinski definition) is 2. The average Bonchev–Trinajstić information content (AvgIpc) is 2.17. The Balaban J connectivity index is 2.08. The van der Waals surface area contributed by atoms with Crippen molar-refractivity contribution in [2.45, 2.75) is 13.8 Å². The maximum absolute atomic E-state index is 13.0. The van der Waals surface area contributed by atoms with E-state index < -0.39 is 7.12 Å². The second kappa shape index (κ2) is 3.95. The van der Waals surface area contributed by atoms with Gasteiger partial charge in [-0.3, -0.25) is 0 Å². The standard InChI is InChI=1S/C11H14BFO2/c1-11(2)7-14-12(15-8-11)9-4-3-5-10(13)6-9/h3-6H,7-8H2,1-2H3. The smallest absolute Gasteiger partial charge is 0.407 e. The van der Waals surface area contributed by atoms with Gasteiger partial charge in [-0.05, 0) is 17.6 Å². The summed E-state index contributed by atoms with van der Waals surface area (Å²) in [4.78, 5) is 0. The fourth-order valence-electron chi connectivity index (χ4n) is 1.54.